The molecule has 3 aliphatic rings. The van der Waals surface area contributed by atoms with E-state index in [4.69, 9.17) is 10.2 Å². The molecule has 6 aromatic rings. The number of amides is 4. The fourth-order valence-corrected chi connectivity index (χ4v) is 8.45. The number of para-hydroxylation sites is 1. The van der Waals surface area contributed by atoms with Crippen LogP contribution in [0.2, 0.25) is 0 Å². The summed E-state index contributed by atoms with van der Waals surface area (Å²) in [6.07, 6.45) is 4.81. The molecule has 0 aliphatic carbocycles. The Labute approximate surface area is 341 Å². The highest BCUT2D eigenvalue weighted by Crippen LogP contribution is 2.37. The van der Waals surface area contributed by atoms with Crippen LogP contribution < -0.4 is 32.3 Å². The van der Waals surface area contributed by atoms with Crippen molar-refractivity contribution >= 4 is 57.7 Å². The molecule has 17 nitrogen and oxygen atoms in total. The molecule has 2 saturated heterocycles. The normalized spacial score (nSPS) is 16.9. The molecule has 1 atom stereocenters. The second-order valence-corrected chi connectivity index (χ2v) is 15.4. The highest BCUT2D eigenvalue weighted by molar-refractivity contribution is 6.07. The van der Waals surface area contributed by atoms with Gasteiger partial charge in [0.2, 0.25) is 11.8 Å². The lowest BCUT2D eigenvalue weighted by atomic mass is 9.99. The van der Waals surface area contributed by atoms with Gasteiger partial charge in [0.1, 0.15) is 28.9 Å². The Morgan fingerprint density at radius 3 is 2.58 bits per heavy atom. The van der Waals surface area contributed by atoms with Gasteiger partial charge in [0.25, 0.3) is 11.8 Å². The maximum absolute atomic E-state index is 16.0. The largest absolute Gasteiger partial charge is 0.420 e. The summed E-state index contributed by atoms with van der Waals surface area (Å²) < 4.78 is 26.4. The van der Waals surface area contributed by atoms with Crippen molar-refractivity contribution in [3.8, 4) is 11.3 Å². The number of benzene rings is 3. The standard InChI is InChI=1S/C42H42FN11O6/c1-23-27(40(57)47-32-21-50(2)22-45-32)7-8-28(35(23)43)36-34(38(44)56)39-46-29-9-6-26(20-25(29)13-15-53(39)49-36)52-18-16-51(17-19-52)14-12-24-4-3-5-30-37(24)60-42(59)54(30)31-10-11-33(55)48-41(31)58/h3-9,20-22,31,46H,10-19H2,1-2H3,(H2,44,56)(H,47,57)(H,48,55,58). The summed E-state index contributed by atoms with van der Waals surface area (Å²) in [6.45, 7) is 5.88. The molecule has 3 aromatic heterocycles. The number of anilines is 4. The Hall–Kier alpha value is -7.08. The number of piperazine rings is 1. The van der Waals surface area contributed by atoms with Crippen LogP contribution in [-0.4, -0.2) is 85.2 Å². The Morgan fingerprint density at radius 2 is 1.83 bits per heavy atom. The molecule has 3 aromatic carbocycles. The molecule has 5 N–H and O–H groups in total. The molecule has 0 bridgehead atoms. The van der Waals surface area contributed by atoms with Crippen LogP contribution in [0.3, 0.4) is 0 Å². The molecule has 0 radical (unpaired) electrons. The van der Waals surface area contributed by atoms with E-state index in [2.05, 4.69) is 41.9 Å². The van der Waals surface area contributed by atoms with Gasteiger partial charge in [-0.15, -0.1) is 0 Å². The number of imide groups is 1. The first-order valence-corrected chi connectivity index (χ1v) is 19.8. The highest BCUT2D eigenvalue weighted by atomic mass is 19.1. The molecule has 308 valence electrons. The molecule has 2 fully saturated rings. The number of primary amides is 1. The number of aromatic nitrogens is 5. The number of hydrogen-bond acceptors (Lipinski definition) is 11. The maximum Gasteiger partial charge on any atom is 0.420 e. The summed E-state index contributed by atoms with van der Waals surface area (Å²) >= 11 is 0. The van der Waals surface area contributed by atoms with E-state index in [1.807, 2.05) is 24.3 Å². The van der Waals surface area contributed by atoms with E-state index < -0.39 is 35.3 Å². The molecule has 3 aliphatic heterocycles. The van der Waals surface area contributed by atoms with Crippen molar-refractivity contribution in [1.82, 2.24) is 34.1 Å². The predicted molar refractivity (Wildman–Crippen MR) is 220 cm³/mol. The van der Waals surface area contributed by atoms with Crippen LogP contribution in [0, 0.1) is 12.7 Å². The van der Waals surface area contributed by atoms with Crippen LogP contribution in [0.15, 0.2) is 70.3 Å². The SMILES string of the molecule is Cc1c(C(=O)Nc2cn(C)cn2)ccc(-c2nn3c(c2C(N)=O)Nc2ccc(N4CCN(CCc5cccc6c5oc(=O)n6C5CCC(=O)NC5=O)CC4)cc2CC3)c1F. The van der Waals surface area contributed by atoms with Gasteiger partial charge in [-0.25, -0.2) is 18.9 Å². The average Bonchev–Trinajstić information content (AvgIpc) is 3.88. The first kappa shape index (κ1) is 38.4. The fraction of sp³-hybridized carbons (Fsp3) is 0.310. The van der Waals surface area contributed by atoms with Gasteiger partial charge in [-0.05, 0) is 79.3 Å². The number of carbonyl (C=O) groups is 4. The summed E-state index contributed by atoms with van der Waals surface area (Å²) in [6, 6.07) is 13.8. The van der Waals surface area contributed by atoms with Crippen LogP contribution in [0.5, 0.6) is 0 Å². The molecule has 0 saturated carbocycles. The Morgan fingerprint density at radius 1 is 1.02 bits per heavy atom. The van der Waals surface area contributed by atoms with Gasteiger partial charge >= 0.3 is 5.76 Å². The number of imidazole rings is 1. The summed E-state index contributed by atoms with van der Waals surface area (Å²) in [5.74, 6) is -2.72. The summed E-state index contributed by atoms with van der Waals surface area (Å²) in [7, 11) is 1.77. The van der Waals surface area contributed by atoms with Crippen molar-refractivity contribution in [3.05, 3.63) is 105 Å². The molecule has 1 unspecified atom stereocenters. The summed E-state index contributed by atoms with van der Waals surface area (Å²) in [4.78, 5) is 71.9. The minimum Gasteiger partial charge on any atom is -0.407 e. The van der Waals surface area contributed by atoms with Gasteiger partial charge in [0, 0.05) is 81.4 Å². The molecule has 60 heavy (non-hydrogen) atoms. The van der Waals surface area contributed by atoms with Crippen LogP contribution >= 0.6 is 0 Å². The topological polar surface area (TPSA) is 208 Å². The van der Waals surface area contributed by atoms with E-state index in [0.717, 1.165) is 55.2 Å². The van der Waals surface area contributed by atoms with Gasteiger partial charge < -0.3 is 30.3 Å². The first-order chi connectivity index (χ1) is 28.9. The maximum atomic E-state index is 16.0. The first-order valence-electron chi connectivity index (χ1n) is 19.8. The minimum atomic E-state index is -0.793. The molecule has 9 rings (SSSR count). The van der Waals surface area contributed by atoms with E-state index in [-0.39, 0.29) is 46.7 Å². The van der Waals surface area contributed by atoms with Crippen molar-refractivity contribution in [2.75, 3.05) is 48.3 Å². The number of nitrogens with two attached hydrogens (primary N) is 1. The Kier molecular flexibility index (Phi) is 9.78. The third-order valence-corrected chi connectivity index (χ3v) is 11.6. The minimum absolute atomic E-state index is 0.0531. The smallest absolute Gasteiger partial charge is 0.407 e. The lowest BCUT2D eigenvalue weighted by molar-refractivity contribution is -0.135. The fourth-order valence-electron chi connectivity index (χ4n) is 8.45. The third-order valence-electron chi connectivity index (χ3n) is 11.6. The summed E-state index contributed by atoms with van der Waals surface area (Å²) in [5.41, 5.74) is 11.1. The van der Waals surface area contributed by atoms with E-state index in [1.165, 1.54) is 23.6 Å². The average molecular weight is 816 g/mol. The molecular weight excluding hydrogens is 774 g/mol. The molecule has 4 amide bonds. The van der Waals surface area contributed by atoms with Gasteiger partial charge in [-0.3, -0.25) is 34.0 Å². The number of oxazole rings is 1. The molecule has 0 spiro atoms. The van der Waals surface area contributed by atoms with Crippen LogP contribution in [0.1, 0.15) is 56.3 Å². The van der Waals surface area contributed by atoms with E-state index in [0.29, 0.717) is 42.1 Å². The van der Waals surface area contributed by atoms with Gasteiger partial charge in [0.05, 0.1) is 11.8 Å². The summed E-state index contributed by atoms with van der Waals surface area (Å²) in [5, 5.41) is 13.0. The predicted octanol–water partition coefficient (Wildman–Crippen LogP) is 3.63. The zero-order valence-electron chi connectivity index (χ0n) is 33.0. The number of nitrogens with one attached hydrogen (secondary N) is 3. The van der Waals surface area contributed by atoms with Crippen molar-refractivity contribution in [3.63, 3.8) is 0 Å². The van der Waals surface area contributed by atoms with Crippen molar-refractivity contribution in [2.45, 2.75) is 45.2 Å². The zero-order chi connectivity index (χ0) is 41.8. The van der Waals surface area contributed by atoms with Crippen LogP contribution in [-0.2, 0) is 36.0 Å². The quantitative estimate of drug-likeness (QED) is 0.155. The van der Waals surface area contributed by atoms with Crippen molar-refractivity contribution < 1.29 is 28.0 Å². The third kappa shape index (κ3) is 6.97. The van der Waals surface area contributed by atoms with Crippen LogP contribution in [0.25, 0.3) is 22.4 Å². The number of piperidine rings is 1. The van der Waals surface area contributed by atoms with Crippen molar-refractivity contribution in [1.29, 1.82) is 0 Å². The van der Waals surface area contributed by atoms with E-state index in [1.54, 1.807) is 34.9 Å². The second-order valence-electron chi connectivity index (χ2n) is 15.4. The lowest BCUT2D eigenvalue weighted by Gasteiger charge is -2.36. The van der Waals surface area contributed by atoms with Gasteiger partial charge in [-0.2, -0.15) is 5.10 Å². The number of aryl methyl sites for hydroxylation is 3. The number of halogens is 1. The molecular formula is C42H42FN11O6. The number of nitrogens with zero attached hydrogens (tertiary/aromatic N) is 7. The Balaban J connectivity index is 0.864. The lowest BCUT2D eigenvalue weighted by Crippen LogP contribution is -2.47. The zero-order valence-corrected chi connectivity index (χ0v) is 33.0. The monoisotopic (exact) mass is 815 g/mol. The van der Waals surface area contributed by atoms with Crippen LogP contribution in [0.4, 0.5) is 27.4 Å². The van der Waals surface area contributed by atoms with Crippen molar-refractivity contribution in [2.24, 2.45) is 12.8 Å². The van der Waals surface area contributed by atoms with E-state index in [9.17, 15) is 24.0 Å². The number of rotatable bonds is 9. The van der Waals surface area contributed by atoms with Gasteiger partial charge in [0.15, 0.2) is 11.4 Å². The van der Waals surface area contributed by atoms with Gasteiger partial charge in [-0.1, -0.05) is 12.1 Å². The Bertz CT molecular complexity index is 2790. The highest BCUT2D eigenvalue weighted by Gasteiger charge is 2.32. The molecule has 6 heterocycles. The van der Waals surface area contributed by atoms with E-state index >= 15 is 4.39 Å². The number of hydrogen-bond donors (Lipinski definition) is 4. The second kappa shape index (κ2) is 15.3. The number of carbonyl (C=O) groups excluding carboxylic acids is 4. The number of fused-ring (bicyclic) bond motifs is 3. The molecule has 18 heteroatoms.